The fraction of sp³-hybridized carbons (Fsp3) is 0.250. The van der Waals surface area contributed by atoms with E-state index in [-0.39, 0.29) is 17.5 Å². The van der Waals surface area contributed by atoms with Crippen LogP contribution in [0, 0.1) is 0 Å². The summed E-state index contributed by atoms with van der Waals surface area (Å²) in [6.45, 7) is 1.96. The molecule has 0 saturated heterocycles. The number of esters is 1. The van der Waals surface area contributed by atoms with E-state index in [9.17, 15) is 9.59 Å². The third kappa shape index (κ3) is 3.13. The summed E-state index contributed by atoms with van der Waals surface area (Å²) in [7, 11) is 3.04. The second-order valence-electron chi connectivity index (χ2n) is 4.64. The summed E-state index contributed by atoms with van der Waals surface area (Å²) in [6.07, 6.45) is 0. The van der Waals surface area contributed by atoms with Gasteiger partial charge in [0.25, 0.3) is 5.91 Å². The van der Waals surface area contributed by atoms with Crippen molar-refractivity contribution in [2.75, 3.05) is 14.2 Å². The molecular weight excluding hydrogens is 286 g/mol. The second-order valence-corrected chi connectivity index (χ2v) is 5.62. The molecule has 1 atom stereocenters. The van der Waals surface area contributed by atoms with Crippen molar-refractivity contribution >= 4 is 23.2 Å². The van der Waals surface area contributed by atoms with Gasteiger partial charge in [0.2, 0.25) is 0 Å². The zero-order valence-corrected chi connectivity index (χ0v) is 13.0. The highest BCUT2D eigenvalue weighted by Gasteiger charge is 2.23. The molecule has 0 aliphatic carbocycles. The molecule has 110 valence electrons. The van der Waals surface area contributed by atoms with Crippen LogP contribution in [0.25, 0.3) is 0 Å². The Kier molecular flexibility index (Phi) is 4.75. The molecule has 1 unspecified atom stereocenters. The summed E-state index contributed by atoms with van der Waals surface area (Å²) < 4.78 is 4.73. The highest BCUT2D eigenvalue weighted by molar-refractivity contribution is 7.10. The topological polar surface area (TPSA) is 46.6 Å². The van der Waals surface area contributed by atoms with Crippen LogP contribution in [0.2, 0.25) is 0 Å². The number of rotatable bonds is 4. The van der Waals surface area contributed by atoms with E-state index in [1.165, 1.54) is 7.11 Å². The monoisotopic (exact) mass is 303 g/mol. The maximum atomic E-state index is 12.6. The van der Waals surface area contributed by atoms with Crippen molar-refractivity contribution in [1.82, 2.24) is 4.90 Å². The van der Waals surface area contributed by atoms with E-state index in [2.05, 4.69) is 0 Å². The Morgan fingerprint density at radius 3 is 2.38 bits per heavy atom. The SMILES string of the molecule is COC(=O)c1ccccc1C(=O)N(C)C(C)c1cccs1. The van der Waals surface area contributed by atoms with E-state index >= 15 is 0 Å². The van der Waals surface area contributed by atoms with Gasteiger partial charge >= 0.3 is 5.97 Å². The zero-order valence-electron chi connectivity index (χ0n) is 12.2. The fourth-order valence-electron chi connectivity index (χ4n) is 2.04. The molecule has 4 nitrogen and oxygen atoms in total. The number of thiophene rings is 1. The van der Waals surface area contributed by atoms with E-state index in [0.29, 0.717) is 5.56 Å². The molecule has 0 bridgehead atoms. The lowest BCUT2D eigenvalue weighted by Crippen LogP contribution is -2.30. The molecule has 5 heteroatoms. The van der Waals surface area contributed by atoms with E-state index in [1.807, 2.05) is 24.4 Å². The van der Waals surface area contributed by atoms with Gasteiger partial charge in [0.05, 0.1) is 24.3 Å². The molecule has 0 aliphatic rings. The molecule has 2 rings (SSSR count). The zero-order chi connectivity index (χ0) is 15.4. The van der Waals surface area contributed by atoms with Crippen molar-refractivity contribution in [2.24, 2.45) is 0 Å². The number of carbonyl (C=O) groups is 2. The molecule has 0 saturated carbocycles. The normalized spacial score (nSPS) is 11.8. The van der Waals surface area contributed by atoms with E-state index < -0.39 is 5.97 Å². The summed E-state index contributed by atoms with van der Waals surface area (Å²) in [5.41, 5.74) is 0.644. The largest absolute Gasteiger partial charge is 0.465 e. The number of amides is 1. The van der Waals surface area contributed by atoms with Gasteiger partial charge in [-0.05, 0) is 30.5 Å². The lowest BCUT2D eigenvalue weighted by molar-refractivity contribution is 0.0589. The highest BCUT2D eigenvalue weighted by atomic mass is 32.1. The third-order valence-corrected chi connectivity index (χ3v) is 4.46. The van der Waals surface area contributed by atoms with Gasteiger partial charge in [-0.1, -0.05) is 18.2 Å². The average Bonchev–Trinajstić information content (AvgIpc) is 3.06. The molecule has 1 aromatic carbocycles. The van der Waals surface area contributed by atoms with Crippen molar-refractivity contribution in [3.63, 3.8) is 0 Å². The summed E-state index contributed by atoms with van der Waals surface area (Å²) in [5.74, 6) is -0.701. The Morgan fingerprint density at radius 2 is 1.81 bits per heavy atom. The van der Waals surface area contributed by atoms with Crippen LogP contribution in [0.5, 0.6) is 0 Å². The molecular formula is C16H17NO3S. The number of ether oxygens (including phenoxy) is 1. The van der Waals surface area contributed by atoms with E-state index in [1.54, 1.807) is 47.5 Å². The molecule has 1 amide bonds. The average molecular weight is 303 g/mol. The van der Waals surface area contributed by atoms with Crippen LogP contribution in [-0.2, 0) is 4.74 Å². The molecule has 0 aliphatic heterocycles. The van der Waals surface area contributed by atoms with E-state index in [4.69, 9.17) is 4.74 Å². The molecule has 0 fully saturated rings. The molecule has 21 heavy (non-hydrogen) atoms. The number of hydrogen-bond donors (Lipinski definition) is 0. The van der Waals surface area contributed by atoms with Crippen molar-refractivity contribution in [3.05, 3.63) is 57.8 Å². The van der Waals surface area contributed by atoms with Gasteiger partial charge < -0.3 is 9.64 Å². The Morgan fingerprint density at radius 1 is 1.14 bits per heavy atom. The molecule has 0 N–H and O–H groups in total. The fourth-order valence-corrected chi connectivity index (χ4v) is 2.87. The molecule has 1 aromatic heterocycles. The van der Waals surface area contributed by atoms with Gasteiger partial charge in [-0.25, -0.2) is 4.79 Å². The minimum atomic E-state index is -0.504. The first-order chi connectivity index (χ1) is 10.1. The summed E-state index contributed by atoms with van der Waals surface area (Å²) in [6, 6.07) is 10.6. The lowest BCUT2D eigenvalue weighted by atomic mass is 10.1. The molecule has 0 radical (unpaired) electrons. The quantitative estimate of drug-likeness (QED) is 0.814. The van der Waals surface area contributed by atoms with Crippen molar-refractivity contribution in [1.29, 1.82) is 0 Å². The van der Waals surface area contributed by atoms with Crippen molar-refractivity contribution < 1.29 is 14.3 Å². The Labute approximate surface area is 128 Å². The van der Waals surface area contributed by atoms with Gasteiger partial charge in [-0.15, -0.1) is 11.3 Å². The van der Waals surface area contributed by atoms with Crippen molar-refractivity contribution in [3.8, 4) is 0 Å². The van der Waals surface area contributed by atoms with Crippen LogP contribution >= 0.6 is 11.3 Å². The lowest BCUT2D eigenvalue weighted by Gasteiger charge is -2.24. The predicted molar refractivity (Wildman–Crippen MR) is 82.6 cm³/mol. The van der Waals surface area contributed by atoms with Crippen LogP contribution in [0.3, 0.4) is 0 Å². The first-order valence-electron chi connectivity index (χ1n) is 6.54. The smallest absolute Gasteiger partial charge is 0.338 e. The van der Waals surface area contributed by atoms with Crippen LogP contribution in [0.4, 0.5) is 0 Å². The number of carbonyl (C=O) groups excluding carboxylic acids is 2. The summed E-state index contributed by atoms with van der Waals surface area (Å²) in [5, 5.41) is 1.98. The van der Waals surface area contributed by atoms with Gasteiger partial charge in [-0.3, -0.25) is 4.79 Å². The number of nitrogens with zero attached hydrogens (tertiary/aromatic N) is 1. The summed E-state index contributed by atoms with van der Waals surface area (Å²) in [4.78, 5) is 27.1. The first-order valence-corrected chi connectivity index (χ1v) is 7.42. The Hall–Kier alpha value is -2.14. The number of methoxy groups -OCH3 is 1. The Balaban J connectivity index is 2.30. The number of hydrogen-bond acceptors (Lipinski definition) is 4. The van der Waals surface area contributed by atoms with Crippen LogP contribution in [-0.4, -0.2) is 30.9 Å². The predicted octanol–water partition coefficient (Wildman–Crippen LogP) is 3.37. The van der Waals surface area contributed by atoms with Gasteiger partial charge in [0.15, 0.2) is 0 Å². The highest BCUT2D eigenvalue weighted by Crippen LogP contribution is 2.25. The van der Waals surface area contributed by atoms with Crippen LogP contribution in [0.1, 0.15) is 38.6 Å². The van der Waals surface area contributed by atoms with Gasteiger partial charge in [-0.2, -0.15) is 0 Å². The maximum Gasteiger partial charge on any atom is 0.338 e. The van der Waals surface area contributed by atoms with E-state index in [0.717, 1.165) is 4.88 Å². The van der Waals surface area contributed by atoms with Gasteiger partial charge in [0, 0.05) is 11.9 Å². The minimum absolute atomic E-state index is 0.0526. The van der Waals surface area contributed by atoms with Crippen molar-refractivity contribution in [2.45, 2.75) is 13.0 Å². The number of benzene rings is 1. The first kappa shape index (κ1) is 15.3. The third-order valence-electron chi connectivity index (χ3n) is 3.42. The second kappa shape index (κ2) is 6.54. The molecule has 0 spiro atoms. The summed E-state index contributed by atoms with van der Waals surface area (Å²) >= 11 is 1.60. The Bertz CT molecular complexity index is 637. The van der Waals surface area contributed by atoms with Gasteiger partial charge in [0.1, 0.15) is 0 Å². The molecule has 1 heterocycles. The minimum Gasteiger partial charge on any atom is -0.465 e. The van der Waals surface area contributed by atoms with Crippen LogP contribution < -0.4 is 0 Å². The standard InChI is InChI=1S/C16H17NO3S/c1-11(14-9-6-10-21-14)17(2)15(18)12-7-4-5-8-13(12)16(19)20-3/h4-11H,1-3H3. The van der Waals surface area contributed by atoms with Crippen LogP contribution in [0.15, 0.2) is 41.8 Å². The maximum absolute atomic E-state index is 12.6. The molecule has 2 aromatic rings.